The van der Waals surface area contributed by atoms with Gasteiger partial charge in [0.2, 0.25) is 15.9 Å². The second-order valence-corrected chi connectivity index (χ2v) is 12.6. The number of carboxylic acids is 1. The number of halogens is 1. The number of rotatable bonds is 11. The maximum atomic E-state index is 12.7. The molecule has 3 N–H and O–H groups in total. The van der Waals surface area contributed by atoms with E-state index in [0.29, 0.717) is 35.1 Å². The first-order chi connectivity index (χ1) is 21.1. The van der Waals surface area contributed by atoms with E-state index in [1.165, 1.54) is 18.2 Å². The standard InChI is InChI=1S/C33H31ClN2O7S/c34-23-7-19-29(20-8-23)44(40,41)36-24-9-13-26(14-10-24)43-28-17-15-27(16-18-28)42-25-11-5-22(6-12-25)21-32(37)35-31-4-2-1-3-30(31)33(38)39/h1-8,11-12,15-20,24,26,36H,9-10,13-14,21H2,(H,35,37)(H,38,39). The number of aromatic carboxylic acids is 1. The highest BCUT2D eigenvalue weighted by Crippen LogP contribution is 2.28. The number of carbonyl (C=O) groups excluding carboxylic acids is 1. The van der Waals surface area contributed by atoms with E-state index in [0.717, 1.165) is 18.4 Å². The van der Waals surface area contributed by atoms with E-state index in [2.05, 4.69) is 10.0 Å². The number of nitrogens with one attached hydrogen (secondary N) is 2. The van der Waals surface area contributed by atoms with E-state index in [1.807, 2.05) is 24.3 Å². The van der Waals surface area contributed by atoms with Gasteiger partial charge in [-0.15, -0.1) is 0 Å². The maximum Gasteiger partial charge on any atom is 0.337 e. The van der Waals surface area contributed by atoms with Gasteiger partial charge in [-0.3, -0.25) is 4.79 Å². The van der Waals surface area contributed by atoms with Crippen LogP contribution >= 0.6 is 11.6 Å². The van der Waals surface area contributed by atoms with Crippen LogP contribution in [0.15, 0.2) is 102 Å². The van der Waals surface area contributed by atoms with Crippen LogP contribution in [0.1, 0.15) is 41.6 Å². The number of sulfonamides is 1. The van der Waals surface area contributed by atoms with Crippen LogP contribution in [0.25, 0.3) is 0 Å². The molecule has 1 fully saturated rings. The molecule has 0 spiro atoms. The molecule has 5 rings (SSSR count). The van der Waals surface area contributed by atoms with Gasteiger partial charge in [0.1, 0.15) is 17.2 Å². The quantitative estimate of drug-likeness (QED) is 0.168. The fraction of sp³-hybridized carbons (Fsp3) is 0.212. The van der Waals surface area contributed by atoms with Crippen molar-refractivity contribution in [2.24, 2.45) is 0 Å². The van der Waals surface area contributed by atoms with E-state index in [1.54, 1.807) is 54.6 Å². The molecule has 1 aliphatic carbocycles. The zero-order valence-corrected chi connectivity index (χ0v) is 25.2. The van der Waals surface area contributed by atoms with E-state index < -0.39 is 16.0 Å². The number of carbonyl (C=O) groups is 2. The molecule has 1 saturated carbocycles. The molecule has 1 amide bonds. The van der Waals surface area contributed by atoms with Crippen LogP contribution in [0.4, 0.5) is 5.69 Å². The largest absolute Gasteiger partial charge is 0.490 e. The molecule has 0 bridgehead atoms. The molecular formula is C33H31ClN2O7S. The summed E-state index contributed by atoms with van der Waals surface area (Å²) in [4.78, 5) is 24.0. The highest BCUT2D eigenvalue weighted by Gasteiger charge is 2.26. The lowest BCUT2D eigenvalue weighted by Crippen LogP contribution is -2.39. The molecule has 11 heteroatoms. The van der Waals surface area contributed by atoms with Gasteiger partial charge in [-0.2, -0.15) is 0 Å². The number of hydrogen-bond acceptors (Lipinski definition) is 6. The Morgan fingerprint density at radius 2 is 1.39 bits per heavy atom. The van der Waals surface area contributed by atoms with Crippen LogP contribution < -0.4 is 19.5 Å². The van der Waals surface area contributed by atoms with Gasteiger partial charge in [0.25, 0.3) is 0 Å². The summed E-state index contributed by atoms with van der Waals surface area (Å²) in [6, 6.07) is 26.6. The van der Waals surface area contributed by atoms with E-state index in [-0.39, 0.29) is 40.6 Å². The summed E-state index contributed by atoms with van der Waals surface area (Å²) in [5, 5.41) is 12.4. The van der Waals surface area contributed by atoms with Crippen molar-refractivity contribution >= 4 is 39.2 Å². The van der Waals surface area contributed by atoms with Crippen molar-refractivity contribution in [3.05, 3.63) is 113 Å². The van der Waals surface area contributed by atoms with Crippen LogP contribution in [-0.4, -0.2) is 37.5 Å². The Hall–Kier alpha value is -4.38. The topological polar surface area (TPSA) is 131 Å². The summed E-state index contributed by atoms with van der Waals surface area (Å²) in [6.45, 7) is 0. The molecule has 44 heavy (non-hydrogen) atoms. The first-order valence-corrected chi connectivity index (χ1v) is 15.9. The van der Waals surface area contributed by atoms with Crippen LogP contribution in [0.5, 0.6) is 17.2 Å². The van der Waals surface area contributed by atoms with Gasteiger partial charge >= 0.3 is 5.97 Å². The Kier molecular flexibility index (Phi) is 9.84. The molecular weight excluding hydrogens is 604 g/mol. The first-order valence-electron chi connectivity index (χ1n) is 14.1. The normalized spacial score (nSPS) is 16.6. The molecule has 228 valence electrons. The minimum Gasteiger partial charge on any atom is -0.490 e. The number of carboxylic acid groups (broad SMARTS) is 1. The molecule has 1 aliphatic rings. The fourth-order valence-electron chi connectivity index (χ4n) is 4.95. The summed E-state index contributed by atoms with van der Waals surface area (Å²) in [5.74, 6) is 0.485. The average Bonchev–Trinajstić information content (AvgIpc) is 3.00. The first kappa shape index (κ1) is 31.1. The molecule has 0 atom stereocenters. The molecule has 0 radical (unpaired) electrons. The fourth-order valence-corrected chi connectivity index (χ4v) is 6.38. The van der Waals surface area contributed by atoms with Crippen LogP contribution in [0.3, 0.4) is 0 Å². The van der Waals surface area contributed by atoms with Crippen LogP contribution in [0, 0.1) is 0 Å². The minimum atomic E-state index is -3.61. The monoisotopic (exact) mass is 634 g/mol. The van der Waals surface area contributed by atoms with Gasteiger partial charge < -0.3 is 19.9 Å². The zero-order chi connectivity index (χ0) is 31.1. The third kappa shape index (κ3) is 8.37. The van der Waals surface area contributed by atoms with Gasteiger partial charge in [0.05, 0.1) is 28.7 Å². The van der Waals surface area contributed by atoms with Crippen molar-refractivity contribution in [3.63, 3.8) is 0 Å². The van der Waals surface area contributed by atoms with Crippen molar-refractivity contribution in [1.82, 2.24) is 4.72 Å². The number of amides is 1. The number of anilines is 1. The number of hydrogen-bond donors (Lipinski definition) is 3. The van der Waals surface area contributed by atoms with Crippen molar-refractivity contribution < 1.29 is 32.6 Å². The predicted molar refractivity (Wildman–Crippen MR) is 167 cm³/mol. The van der Waals surface area contributed by atoms with E-state index in [9.17, 15) is 23.1 Å². The van der Waals surface area contributed by atoms with Crippen molar-refractivity contribution in [3.8, 4) is 17.2 Å². The van der Waals surface area contributed by atoms with Crippen molar-refractivity contribution in [2.75, 3.05) is 5.32 Å². The lowest BCUT2D eigenvalue weighted by Gasteiger charge is -2.29. The minimum absolute atomic E-state index is 0.0135. The number of benzene rings is 4. The number of para-hydroxylation sites is 1. The molecule has 0 unspecified atom stereocenters. The Labute approximate surface area is 260 Å². The Balaban J connectivity index is 1.07. The molecule has 4 aromatic carbocycles. The van der Waals surface area contributed by atoms with Crippen molar-refractivity contribution in [1.29, 1.82) is 0 Å². The summed E-state index contributed by atoms with van der Waals surface area (Å²) in [5.41, 5.74) is 1.03. The number of ether oxygens (including phenoxy) is 2. The molecule has 0 aromatic heterocycles. The maximum absolute atomic E-state index is 12.7. The summed E-state index contributed by atoms with van der Waals surface area (Å²) in [7, 11) is -3.61. The van der Waals surface area contributed by atoms with Gasteiger partial charge in [0.15, 0.2) is 0 Å². The Bertz CT molecular complexity index is 1700. The SMILES string of the molecule is O=C(Cc1ccc(Oc2ccc(OC3CCC(NS(=O)(=O)c4ccc(Cl)cc4)CC3)cc2)cc1)Nc1ccccc1C(=O)O. The van der Waals surface area contributed by atoms with Crippen molar-refractivity contribution in [2.45, 2.75) is 49.1 Å². The molecule has 0 aliphatic heterocycles. The van der Waals surface area contributed by atoms with Gasteiger partial charge in [-0.25, -0.2) is 17.9 Å². The third-order valence-electron chi connectivity index (χ3n) is 7.20. The molecule has 4 aromatic rings. The lowest BCUT2D eigenvalue weighted by atomic mass is 9.94. The molecule has 9 nitrogen and oxygen atoms in total. The summed E-state index contributed by atoms with van der Waals surface area (Å²) < 4.78 is 40.2. The van der Waals surface area contributed by atoms with Crippen LogP contribution in [-0.2, 0) is 21.2 Å². The smallest absolute Gasteiger partial charge is 0.337 e. The summed E-state index contributed by atoms with van der Waals surface area (Å²) in [6.07, 6.45) is 2.86. The zero-order valence-electron chi connectivity index (χ0n) is 23.6. The predicted octanol–water partition coefficient (Wildman–Crippen LogP) is 6.68. The van der Waals surface area contributed by atoms with Gasteiger partial charge in [-0.1, -0.05) is 35.9 Å². The molecule has 0 saturated heterocycles. The lowest BCUT2D eigenvalue weighted by molar-refractivity contribution is -0.115. The Morgan fingerprint density at radius 1 is 0.795 bits per heavy atom. The average molecular weight is 635 g/mol. The van der Waals surface area contributed by atoms with E-state index in [4.69, 9.17) is 21.1 Å². The second kappa shape index (κ2) is 13.9. The Morgan fingerprint density at radius 3 is 2.02 bits per heavy atom. The highest BCUT2D eigenvalue weighted by atomic mass is 35.5. The third-order valence-corrected chi connectivity index (χ3v) is 8.99. The molecule has 0 heterocycles. The van der Waals surface area contributed by atoms with Crippen LogP contribution in [0.2, 0.25) is 5.02 Å². The second-order valence-electron chi connectivity index (χ2n) is 10.5. The highest BCUT2D eigenvalue weighted by molar-refractivity contribution is 7.89. The van der Waals surface area contributed by atoms with E-state index >= 15 is 0 Å². The van der Waals surface area contributed by atoms with Gasteiger partial charge in [0, 0.05) is 11.1 Å². The van der Waals surface area contributed by atoms with Gasteiger partial charge in [-0.05, 0) is 104 Å². The summed E-state index contributed by atoms with van der Waals surface area (Å²) >= 11 is 5.87.